The Morgan fingerprint density at radius 3 is 2.62 bits per heavy atom. The SMILES string of the molecule is CC1CCCC1C(=O)Nc1ccc(C(=O)O)cc1[N+](=O)[O-]. The van der Waals surface area contributed by atoms with E-state index in [1.807, 2.05) is 6.92 Å². The van der Waals surface area contributed by atoms with Crippen LogP contribution in [0.4, 0.5) is 11.4 Å². The summed E-state index contributed by atoms with van der Waals surface area (Å²) in [5.74, 6) is -1.39. The fourth-order valence-electron chi connectivity index (χ4n) is 2.68. The second-order valence-corrected chi connectivity index (χ2v) is 5.30. The number of amides is 1. The molecule has 2 atom stereocenters. The number of nitro groups is 1. The molecule has 0 heterocycles. The van der Waals surface area contributed by atoms with Gasteiger partial charge in [-0.3, -0.25) is 14.9 Å². The maximum atomic E-state index is 12.2. The van der Waals surface area contributed by atoms with Crippen molar-refractivity contribution >= 4 is 23.3 Å². The normalized spacial score (nSPS) is 21.0. The van der Waals surface area contributed by atoms with E-state index < -0.39 is 16.6 Å². The molecule has 1 aliphatic rings. The maximum Gasteiger partial charge on any atom is 0.335 e. The van der Waals surface area contributed by atoms with Crippen molar-refractivity contribution in [3.63, 3.8) is 0 Å². The van der Waals surface area contributed by atoms with E-state index in [9.17, 15) is 19.7 Å². The van der Waals surface area contributed by atoms with Gasteiger partial charge in [-0.25, -0.2) is 4.79 Å². The van der Waals surface area contributed by atoms with Gasteiger partial charge < -0.3 is 10.4 Å². The average Bonchev–Trinajstić information content (AvgIpc) is 2.85. The molecule has 21 heavy (non-hydrogen) atoms. The van der Waals surface area contributed by atoms with Crippen molar-refractivity contribution in [2.45, 2.75) is 26.2 Å². The molecule has 7 heteroatoms. The van der Waals surface area contributed by atoms with Crippen molar-refractivity contribution in [3.8, 4) is 0 Å². The van der Waals surface area contributed by atoms with Crippen LogP contribution in [-0.4, -0.2) is 21.9 Å². The van der Waals surface area contributed by atoms with Gasteiger partial charge in [-0.15, -0.1) is 0 Å². The van der Waals surface area contributed by atoms with Crippen molar-refractivity contribution in [1.82, 2.24) is 0 Å². The minimum absolute atomic E-state index is 0.0362. The zero-order valence-electron chi connectivity index (χ0n) is 11.5. The Kier molecular flexibility index (Phi) is 4.21. The lowest BCUT2D eigenvalue weighted by Gasteiger charge is -2.15. The molecule has 2 N–H and O–H groups in total. The molecule has 0 radical (unpaired) electrons. The van der Waals surface area contributed by atoms with Crippen LogP contribution in [0, 0.1) is 22.0 Å². The molecule has 7 nitrogen and oxygen atoms in total. The quantitative estimate of drug-likeness (QED) is 0.655. The second kappa shape index (κ2) is 5.90. The van der Waals surface area contributed by atoms with Crippen LogP contribution < -0.4 is 5.32 Å². The summed E-state index contributed by atoms with van der Waals surface area (Å²) in [5.41, 5.74) is -0.558. The number of nitrogens with zero attached hydrogens (tertiary/aromatic N) is 1. The Morgan fingerprint density at radius 1 is 1.38 bits per heavy atom. The maximum absolute atomic E-state index is 12.2. The highest BCUT2D eigenvalue weighted by Crippen LogP contribution is 2.33. The number of aromatic carboxylic acids is 1. The average molecular weight is 292 g/mol. The summed E-state index contributed by atoms with van der Waals surface area (Å²) in [7, 11) is 0. The van der Waals surface area contributed by atoms with Crippen molar-refractivity contribution < 1.29 is 19.6 Å². The van der Waals surface area contributed by atoms with Crippen LogP contribution >= 0.6 is 0 Å². The van der Waals surface area contributed by atoms with Crippen molar-refractivity contribution in [2.75, 3.05) is 5.32 Å². The number of benzene rings is 1. The number of nitrogens with one attached hydrogen (secondary N) is 1. The van der Waals surface area contributed by atoms with Crippen LogP contribution in [0.5, 0.6) is 0 Å². The topological polar surface area (TPSA) is 110 Å². The largest absolute Gasteiger partial charge is 0.478 e. The third kappa shape index (κ3) is 3.18. The predicted molar refractivity (Wildman–Crippen MR) is 75.2 cm³/mol. The molecule has 1 aromatic carbocycles. The van der Waals surface area contributed by atoms with Gasteiger partial charge in [-0.2, -0.15) is 0 Å². The van der Waals surface area contributed by atoms with E-state index in [0.29, 0.717) is 0 Å². The first kappa shape index (κ1) is 15.0. The molecule has 1 aliphatic carbocycles. The highest BCUT2D eigenvalue weighted by molar-refractivity contribution is 5.96. The van der Waals surface area contributed by atoms with Gasteiger partial charge in [0.2, 0.25) is 5.91 Å². The fraction of sp³-hybridized carbons (Fsp3) is 0.429. The molecular formula is C14H16N2O5. The fourth-order valence-corrected chi connectivity index (χ4v) is 2.68. The number of carbonyl (C=O) groups excluding carboxylic acids is 1. The van der Waals surface area contributed by atoms with E-state index >= 15 is 0 Å². The molecule has 2 rings (SSSR count). The highest BCUT2D eigenvalue weighted by Gasteiger charge is 2.31. The number of hydrogen-bond acceptors (Lipinski definition) is 4. The minimum atomic E-state index is -1.25. The molecule has 0 spiro atoms. The van der Waals surface area contributed by atoms with Gasteiger partial charge in [0.1, 0.15) is 5.69 Å². The lowest BCUT2D eigenvalue weighted by Crippen LogP contribution is -2.25. The van der Waals surface area contributed by atoms with Gasteiger partial charge in [0.05, 0.1) is 10.5 Å². The van der Waals surface area contributed by atoms with Gasteiger partial charge in [0.25, 0.3) is 5.69 Å². The number of carboxylic acid groups (broad SMARTS) is 1. The molecule has 2 unspecified atom stereocenters. The summed E-state index contributed by atoms with van der Waals surface area (Å²) in [6.07, 6.45) is 2.71. The molecule has 1 saturated carbocycles. The Bertz CT molecular complexity index is 599. The Labute approximate surface area is 121 Å². The van der Waals surface area contributed by atoms with Crippen LogP contribution in [0.3, 0.4) is 0 Å². The molecule has 0 aromatic heterocycles. The predicted octanol–water partition coefficient (Wildman–Crippen LogP) is 2.67. The first-order chi connectivity index (χ1) is 9.90. The second-order valence-electron chi connectivity index (χ2n) is 5.30. The summed E-state index contributed by atoms with van der Waals surface area (Å²) in [5, 5.41) is 22.4. The lowest BCUT2D eigenvalue weighted by atomic mass is 9.97. The zero-order valence-corrected chi connectivity index (χ0v) is 11.5. The van der Waals surface area contributed by atoms with Crippen molar-refractivity contribution in [3.05, 3.63) is 33.9 Å². The highest BCUT2D eigenvalue weighted by atomic mass is 16.6. The molecule has 1 amide bonds. The number of rotatable bonds is 4. The molecular weight excluding hydrogens is 276 g/mol. The first-order valence-corrected chi connectivity index (χ1v) is 6.72. The van der Waals surface area contributed by atoms with Crippen LogP contribution in [0.25, 0.3) is 0 Å². The minimum Gasteiger partial charge on any atom is -0.478 e. The monoisotopic (exact) mass is 292 g/mol. The van der Waals surface area contributed by atoms with Crippen LogP contribution in [0.2, 0.25) is 0 Å². The smallest absolute Gasteiger partial charge is 0.335 e. The molecule has 112 valence electrons. The third-order valence-corrected chi connectivity index (χ3v) is 3.90. The van der Waals surface area contributed by atoms with Gasteiger partial charge >= 0.3 is 5.97 Å². The summed E-state index contributed by atoms with van der Waals surface area (Å²) in [6.45, 7) is 1.99. The number of hydrogen-bond donors (Lipinski definition) is 2. The van der Waals surface area contributed by atoms with Crippen molar-refractivity contribution in [2.24, 2.45) is 11.8 Å². The van der Waals surface area contributed by atoms with E-state index in [1.165, 1.54) is 12.1 Å². The number of carbonyl (C=O) groups is 2. The van der Waals surface area contributed by atoms with E-state index in [2.05, 4.69) is 5.32 Å². The Balaban J connectivity index is 2.25. The van der Waals surface area contributed by atoms with E-state index in [-0.39, 0.29) is 29.0 Å². The molecule has 0 bridgehead atoms. The Morgan fingerprint density at radius 2 is 2.10 bits per heavy atom. The zero-order chi connectivity index (χ0) is 15.6. The van der Waals surface area contributed by atoms with Crippen LogP contribution in [-0.2, 0) is 4.79 Å². The summed E-state index contributed by atoms with van der Waals surface area (Å²) >= 11 is 0. The molecule has 0 aliphatic heterocycles. The lowest BCUT2D eigenvalue weighted by molar-refractivity contribution is -0.384. The molecule has 1 fully saturated rings. The Hall–Kier alpha value is -2.44. The summed E-state index contributed by atoms with van der Waals surface area (Å²) in [4.78, 5) is 33.4. The number of anilines is 1. The number of carboxylic acids is 1. The van der Waals surface area contributed by atoms with Crippen LogP contribution in [0.15, 0.2) is 18.2 Å². The molecule has 1 aromatic rings. The van der Waals surface area contributed by atoms with E-state index in [0.717, 1.165) is 25.3 Å². The van der Waals surface area contributed by atoms with E-state index in [1.54, 1.807) is 0 Å². The van der Waals surface area contributed by atoms with Gasteiger partial charge in [0, 0.05) is 12.0 Å². The van der Waals surface area contributed by atoms with E-state index in [4.69, 9.17) is 5.11 Å². The standard InChI is InChI=1S/C14H16N2O5/c1-8-3-2-4-10(8)13(17)15-11-6-5-9(14(18)19)7-12(11)16(20)21/h5-8,10H,2-4H2,1H3,(H,15,17)(H,18,19). The van der Waals surface area contributed by atoms with Crippen LogP contribution in [0.1, 0.15) is 36.5 Å². The van der Waals surface area contributed by atoms with Gasteiger partial charge in [-0.05, 0) is 30.9 Å². The number of nitro benzene ring substituents is 1. The third-order valence-electron chi connectivity index (χ3n) is 3.90. The van der Waals surface area contributed by atoms with Crippen molar-refractivity contribution in [1.29, 1.82) is 0 Å². The summed E-state index contributed by atoms with van der Waals surface area (Å²) in [6, 6.07) is 3.46. The molecule has 0 saturated heterocycles. The first-order valence-electron chi connectivity index (χ1n) is 6.72. The van der Waals surface area contributed by atoms with Gasteiger partial charge in [0.15, 0.2) is 0 Å². The summed E-state index contributed by atoms with van der Waals surface area (Å²) < 4.78 is 0. The van der Waals surface area contributed by atoms with Gasteiger partial charge in [-0.1, -0.05) is 13.3 Å².